The molecule has 0 saturated carbocycles. The maximum atomic E-state index is 13.7. The number of alkyl halides is 1. The number of benzene rings is 1. The van der Waals surface area contributed by atoms with Crippen LogP contribution in [0.1, 0.15) is 30.0 Å². The third-order valence-corrected chi connectivity index (χ3v) is 2.84. The summed E-state index contributed by atoms with van der Waals surface area (Å²) in [5.74, 6) is -0.115. The number of aryl methyl sites for hydroxylation is 2. The van der Waals surface area contributed by atoms with Gasteiger partial charge >= 0.3 is 0 Å². The summed E-state index contributed by atoms with van der Waals surface area (Å²) in [6, 6.07) is 3.61. The van der Waals surface area contributed by atoms with Gasteiger partial charge in [0.15, 0.2) is 0 Å². The highest BCUT2D eigenvalue weighted by atomic mass is 79.9. The predicted octanol–water partition coefficient (Wildman–Crippen LogP) is 4.63. The van der Waals surface area contributed by atoms with Gasteiger partial charge in [-0.25, -0.2) is 4.39 Å². The minimum Gasteiger partial charge on any atom is -0.206 e. The molecule has 0 heterocycles. The molecule has 0 aliphatic rings. The van der Waals surface area contributed by atoms with Crippen molar-refractivity contribution >= 4 is 21.5 Å². The molecule has 0 nitrogen and oxygen atoms in total. The first kappa shape index (κ1) is 12.4. The molecule has 1 aromatic carbocycles. The SMILES string of the molecule is C/C(=C\CCBr)c1c(C)cc(C)cc1F. The Labute approximate surface area is 99.3 Å². The van der Waals surface area contributed by atoms with Crippen molar-refractivity contribution in [2.24, 2.45) is 0 Å². The summed E-state index contributed by atoms with van der Waals surface area (Å²) in [7, 11) is 0. The summed E-state index contributed by atoms with van der Waals surface area (Å²) in [4.78, 5) is 0. The zero-order chi connectivity index (χ0) is 11.4. The van der Waals surface area contributed by atoms with E-state index in [4.69, 9.17) is 0 Å². The lowest BCUT2D eigenvalue weighted by molar-refractivity contribution is 0.621. The van der Waals surface area contributed by atoms with E-state index in [1.165, 1.54) is 0 Å². The van der Waals surface area contributed by atoms with Crippen molar-refractivity contribution in [2.45, 2.75) is 27.2 Å². The number of hydrogen-bond donors (Lipinski definition) is 0. The van der Waals surface area contributed by atoms with Crippen molar-refractivity contribution in [1.29, 1.82) is 0 Å². The summed E-state index contributed by atoms with van der Waals surface area (Å²) in [6.45, 7) is 5.83. The average Bonchev–Trinajstić information content (AvgIpc) is 2.12. The molecule has 0 atom stereocenters. The van der Waals surface area contributed by atoms with Crippen LogP contribution in [0.25, 0.3) is 5.57 Å². The third kappa shape index (κ3) is 3.16. The van der Waals surface area contributed by atoms with Crippen LogP contribution in [-0.4, -0.2) is 5.33 Å². The molecule has 2 heteroatoms. The molecule has 0 spiro atoms. The van der Waals surface area contributed by atoms with E-state index < -0.39 is 0 Å². The van der Waals surface area contributed by atoms with Crippen molar-refractivity contribution in [1.82, 2.24) is 0 Å². The molecule has 0 unspecified atom stereocenters. The van der Waals surface area contributed by atoms with Crippen LogP contribution in [0.4, 0.5) is 4.39 Å². The molecule has 0 bridgehead atoms. The first-order valence-corrected chi connectivity index (χ1v) is 6.18. The minimum absolute atomic E-state index is 0.115. The van der Waals surface area contributed by atoms with Crippen LogP contribution in [0, 0.1) is 19.7 Å². The van der Waals surface area contributed by atoms with Gasteiger partial charge in [0.1, 0.15) is 5.82 Å². The van der Waals surface area contributed by atoms with Crippen molar-refractivity contribution in [3.63, 3.8) is 0 Å². The monoisotopic (exact) mass is 270 g/mol. The number of halogens is 2. The van der Waals surface area contributed by atoms with E-state index in [2.05, 4.69) is 22.0 Å². The third-order valence-electron chi connectivity index (χ3n) is 2.39. The van der Waals surface area contributed by atoms with Gasteiger partial charge in [-0.1, -0.05) is 28.1 Å². The molecule has 0 N–H and O–H groups in total. The molecule has 82 valence electrons. The standard InChI is InChI=1S/C13H16BrF/c1-9-7-11(3)13(12(15)8-9)10(2)5-4-6-14/h5,7-8H,4,6H2,1-3H3/b10-5+. The summed E-state index contributed by atoms with van der Waals surface area (Å²) in [5, 5.41) is 0.914. The lowest BCUT2D eigenvalue weighted by Crippen LogP contribution is -1.93. The molecular weight excluding hydrogens is 255 g/mol. The highest BCUT2D eigenvalue weighted by Crippen LogP contribution is 2.23. The zero-order valence-corrected chi connectivity index (χ0v) is 11.0. The van der Waals surface area contributed by atoms with Gasteiger partial charge in [-0.15, -0.1) is 0 Å². The lowest BCUT2D eigenvalue weighted by atomic mass is 9.98. The van der Waals surface area contributed by atoms with Gasteiger partial charge in [0.25, 0.3) is 0 Å². The van der Waals surface area contributed by atoms with E-state index in [-0.39, 0.29) is 5.82 Å². The summed E-state index contributed by atoms with van der Waals surface area (Å²) in [6.07, 6.45) is 2.99. The highest BCUT2D eigenvalue weighted by Gasteiger charge is 2.07. The lowest BCUT2D eigenvalue weighted by Gasteiger charge is -2.09. The molecule has 0 fully saturated rings. The summed E-state index contributed by atoms with van der Waals surface area (Å²) < 4.78 is 13.7. The zero-order valence-electron chi connectivity index (χ0n) is 9.40. The van der Waals surface area contributed by atoms with Gasteiger partial charge in [-0.2, -0.15) is 0 Å². The van der Waals surface area contributed by atoms with E-state index in [1.54, 1.807) is 6.07 Å². The number of allylic oxidation sites excluding steroid dienone is 2. The Morgan fingerprint density at radius 3 is 2.60 bits per heavy atom. The molecule has 0 aromatic heterocycles. The van der Waals surface area contributed by atoms with Crippen molar-refractivity contribution in [2.75, 3.05) is 5.33 Å². The van der Waals surface area contributed by atoms with Crippen molar-refractivity contribution in [3.05, 3.63) is 40.7 Å². The molecular formula is C13H16BrF. The van der Waals surface area contributed by atoms with Crippen molar-refractivity contribution in [3.8, 4) is 0 Å². The predicted molar refractivity (Wildman–Crippen MR) is 67.9 cm³/mol. The van der Waals surface area contributed by atoms with E-state index in [1.807, 2.05) is 26.8 Å². The molecule has 0 aliphatic carbocycles. The Balaban J connectivity index is 3.14. The second-order valence-corrected chi connectivity index (χ2v) is 4.60. The van der Waals surface area contributed by atoms with Gasteiger partial charge in [0.05, 0.1) is 0 Å². The largest absolute Gasteiger partial charge is 0.206 e. The van der Waals surface area contributed by atoms with Crippen LogP contribution >= 0.6 is 15.9 Å². The Morgan fingerprint density at radius 1 is 1.40 bits per heavy atom. The van der Waals surface area contributed by atoms with Crippen LogP contribution in [0.3, 0.4) is 0 Å². The number of hydrogen-bond acceptors (Lipinski definition) is 0. The van der Waals surface area contributed by atoms with E-state index in [0.29, 0.717) is 0 Å². The fourth-order valence-electron chi connectivity index (χ4n) is 1.79. The second kappa shape index (κ2) is 5.45. The van der Waals surface area contributed by atoms with Gasteiger partial charge < -0.3 is 0 Å². The Hall–Kier alpha value is -0.630. The van der Waals surface area contributed by atoms with Gasteiger partial charge in [-0.05, 0) is 50.0 Å². The first-order valence-electron chi connectivity index (χ1n) is 5.06. The molecule has 0 aliphatic heterocycles. The van der Waals surface area contributed by atoms with Crippen LogP contribution in [0.5, 0.6) is 0 Å². The first-order chi connectivity index (χ1) is 7.06. The summed E-state index contributed by atoms with van der Waals surface area (Å²) in [5.41, 5.74) is 3.75. The fourth-order valence-corrected chi connectivity index (χ4v) is 2.02. The normalized spacial score (nSPS) is 11.9. The molecule has 15 heavy (non-hydrogen) atoms. The van der Waals surface area contributed by atoms with Crippen LogP contribution in [-0.2, 0) is 0 Å². The van der Waals surface area contributed by atoms with Crippen LogP contribution in [0.15, 0.2) is 18.2 Å². The van der Waals surface area contributed by atoms with Gasteiger partial charge in [-0.3, -0.25) is 0 Å². The minimum atomic E-state index is -0.115. The maximum absolute atomic E-state index is 13.7. The molecule has 0 radical (unpaired) electrons. The summed E-state index contributed by atoms with van der Waals surface area (Å²) >= 11 is 3.36. The smallest absolute Gasteiger partial charge is 0.131 e. The van der Waals surface area contributed by atoms with Crippen molar-refractivity contribution < 1.29 is 4.39 Å². The second-order valence-electron chi connectivity index (χ2n) is 3.80. The molecule has 1 aromatic rings. The van der Waals surface area contributed by atoms with Gasteiger partial charge in [0, 0.05) is 10.9 Å². The Bertz CT molecular complexity index is 357. The fraction of sp³-hybridized carbons (Fsp3) is 0.385. The Kier molecular flexibility index (Phi) is 4.52. The highest BCUT2D eigenvalue weighted by molar-refractivity contribution is 9.09. The van der Waals surface area contributed by atoms with Crippen LogP contribution < -0.4 is 0 Å². The maximum Gasteiger partial charge on any atom is 0.131 e. The number of rotatable bonds is 3. The van der Waals surface area contributed by atoms with E-state index >= 15 is 0 Å². The molecule has 0 amide bonds. The average molecular weight is 271 g/mol. The van der Waals surface area contributed by atoms with E-state index in [9.17, 15) is 4.39 Å². The van der Waals surface area contributed by atoms with Gasteiger partial charge in [0.2, 0.25) is 0 Å². The Morgan fingerprint density at radius 2 is 2.07 bits per heavy atom. The quantitative estimate of drug-likeness (QED) is 0.703. The van der Waals surface area contributed by atoms with E-state index in [0.717, 1.165) is 34.0 Å². The molecule has 1 rings (SSSR count). The molecule has 0 saturated heterocycles. The van der Waals surface area contributed by atoms with Crippen LogP contribution in [0.2, 0.25) is 0 Å². The topological polar surface area (TPSA) is 0 Å².